The first-order valence-electron chi connectivity index (χ1n) is 10.2. The third-order valence-corrected chi connectivity index (χ3v) is 5.42. The smallest absolute Gasteiger partial charge is 0.132 e. The van der Waals surface area contributed by atoms with Crippen LogP contribution in [-0.4, -0.2) is 41.3 Å². The van der Waals surface area contributed by atoms with Crippen LogP contribution in [0.5, 0.6) is 0 Å². The van der Waals surface area contributed by atoms with Crippen LogP contribution in [0.25, 0.3) is 11.3 Å². The monoisotopic (exact) mass is 398 g/mol. The Labute approximate surface area is 175 Å². The van der Waals surface area contributed by atoms with Crippen molar-refractivity contribution in [2.75, 3.05) is 36.5 Å². The minimum absolute atomic E-state index is 0.564. The zero-order chi connectivity index (χ0) is 20.3. The summed E-state index contributed by atoms with van der Waals surface area (Å²) in [5.41, 5.74) is 3.71. The third kappa shape index (κ3) is 4.09. The van der Waals surface area contributed by atoms with E-state index in [1.54, 1.807) is 18.3 Å². The van der Waals surface area contributed by atoms with Gasteiger partial charge in [0.2, 0.25) is 0 Å². The van der Waals surface area contributed by atoms with Gasteiger partial charge in [0.05, 0.1) is 30.5 Å². The molecule has 1 aliphatic carbocycles. The largest absolute Gasteiger partial charge is 0.378 e. The van der Waals surface area contributed by atoms with Crippen molar-refractivity contribution in [1.82, 2.24) is 15.0 Å². The summed E-state index contributed by atoms with van der Waals surface area (Å²) in [4.78, 5) is 16.0. The Morgan fingerprint density at radius 3 is 2.63 bits per heavy atom. The van der Waals surface area contributed by atoms with Gasteiger partial charge >= 0.3 is 0 Å². The molecule has 0 aromatic carbocycles. The van der Waals surface area contributed by atoms with E-state index >= 15 is 0 Å². The molecule has 2 fully saturated rings. The molecule has 0 unspecified atom stereocenters. The average Bonchev–Trinajstić information content (AvgIpc) is 3.65. The quantitative estimate of drug-likeness (QED) is 0.698. The molecule has 1 N–H and O–H groups in total. The van der Waals surface area contributed by atoms with E-state index in [1.165, 1.54) is 18.4 Å². The predicted octanol–water partition coefficient (Wildman–Crippen LogP) is 3.87. The summed E-state index contributed by atoms with van der Waals surface area (Å²) in [5, 5.41) is 12.4. The van der Waals surface area contributed by atoms with Crippen LogP contribution < -0.4 is 10.2 Å². The van der Waals surface area contributed by atoms with Gasteiger partial charge in [-0.15, -0.1) is 0 Å². The standard InChI is InChI=1S/C23H22N6O/c24-14-16-5-6-25-21(11-16)28-22-13-19(17-1-2-17)12-20(27-22)18-3-4-23(26-15-18)29-7-9-30-10-8-29/h3-6,11-13,15,17H,1-2,7-10H2,(H,25,27,28). The lowest BCUT2D eigenvalue weighted by Crippen LogP contribution is -2.36. The fraction of sp³-hybridized carbons (Fsp3) is 0.304. The summed E-state index contributed by atoms with van der Waals surface area (Å²) >= 11 is 0. The topological polar surface area (TPSA) is 87.0 Å². The van der Waals surface area contributed by atoms with Gasteiger partial charge in [0.1, 0.15) is 17.5 Å². The maximum Gasteiger partial charge on any atom is 0.132 e. The van der Waals surface area contributed by atoms with Crippen molar-refractivity contribution < 1.29 is 4.74 Å². The van der Waals surface area contributed by atoms with Crippen LogP contribution in [0.15, 0.2) is 48.8 Å². The number of ether oxygens (including phenoxy) is 1. The second-order valence-corrected chi connectivity index (χ2v) is 7.62. The lowest BCUT2D eigenvalue weighted by molar-refractivity contribution is 0.122. The first kappa shape index (κ1) is 18.5. The van der Waals surface area contributed by atoms with Crippen LogP contribution in [0.2, 0.25) is 0 Å². The van der Waals surface area contributed by atoms with Crippen LogP contribution in [0.3, 0.4) is 0 Å². The normalized spacial score (nSPS) is 16.2. The van der Waals surface area contributed by atoms with Gasteiger partial charge < -0.3 is 15.0 Å². The number of aromatic nitrogens is 3. The molecule has 3 aromatic rings. The van der Waals surface area contributed by atoms with E-state index in [1.807, 2.05) is 6.20 Å². The molecule has 1 aliphatic heterocycles. The molecule has 0 atom stereocenters. The van der Waals surface area contributed by atoms with Crippen LogP contribution in [0, 0.1) is 11.3 Å². The number of anilines is 3. The number of hydrogen-bond acceptors (Lipinski definition) is 7. The number of rotatable bonds is 5. The lowest BCUT2D eigenvalue weighted by atomic mass is 10.1. The van der Waals surface area contributed by atoms with Gasteiger partial charge in [-0.3, -0.25) is 0 Å². The third-order valence-electron chi connectivity index (χ3n) is 5.42. The zero-order valence-corrected chi connectivity index (χ0v) is 16.6. The first-order valence-corrected chi connectivity index (χ1v) is 10.2. The van der Waals surface area contributed by atoms with E-state index in [-0.39, 0.29) is 0 Å². The molecule has 0 bridgehead atoms. The molecule has 5 rings (SSSR count). The van der Waals surface area contributed by atoms with Crippen molar-refractivity contribution in [3.05, 3.63) is 59.9 Å². The van der Waals surface area contributed by atoms with Gasteiger partial charge in [0.15, 0.2) is 0 Å². The zero-order valence-electron chi connectivity index (χ0n) is 16.6. The van der Waals surface area contributed by atoms with E-state index in [0.717, 1.165) is 49.2 Å². The van der Waals surface area contributed by atoms with E-state index in [9.17, 15) is 0 Å². The minimum Gasteiger partial charge on any atom is -0.378 e. The fourth-order valence-electron chi connectivity index (χ4n) is 3.63. The minimum atomic E-state index is 0.564. The molecule has 3 aromatic heterocycles. The Kier molecular flexibility index (Phi) is 4.99. The first-order chi connectivity index (χ1) is 14.8. The van der Waals surface area contributed by atoms with Crippen molar-refractivity contribution >= 4 is 17.5 Å². The maximum absolute atomic E-state index is 9.12. The highest BCUT2D eigenvalue weighted by Crippen LogP contribution is 2.42. The molecule has 0 radical (unpaired) electrons. The molecule has 0 spiro atoms. The molecule has 7 heteroatoms. The number of nitrogens with zero attached hydrogens (tertiary/aromatic N) is 5. The van der Waals surface area contributed by atoms with Gasteiger partial charge in [0.25, 0.3) is 0 Å². The van der Waals surface area contributed by atoms with E-state index in [0.29, 0.717) is 17.3 Å². The fourth-order valence-corrected chi connectivity index (χ4v) is 3.63. The van der Waals surface area contributed by atoms with Gasteiger partial charge in [-0.25, -0.2) is 15.0 Å². The Morgan fingerprint density at radius 2 is 1.90 bits per heavy atom. The molecular weight excluding hydrogens is 376 g/mol. The van der Waals surface area contributed by atoms with Crippen molar-refractivity contribution in [1.29, 1.82) is 5.26 Å². The van der Waals surface area contributed by atoms with Crippen molar-refractivity contribution in [2.45, 2.75) is 18.8 Å². The summed E-state index contributed by atoms with van der Waals surface area (Å²) in [5.74, 6) is 2.90. The SMILES string of the molecule is N#Cc1ccnc(Nc2cc(C3CC3)cc(-c3ccc(N4CCOCC4)nc3)n2)c1. The molecule has 30 heavy (non-hydrogen) atoms. The second-order valence-electron chi connectivity index (χ2n) is 7.62. The molecule has 4 heterocycles. The Morgan fingerprint density at radius 1 is 1.03 bits per heavy atom. The molecule has 1 saturated carbocycles. The summed E-state index contributed by atoms with van der Waals surface area (Å²) in [6.07, 6.45) is 5.93. The van der Waals surface area contributed by atoms with E-state index in [4.69, 9.17) is 15.0 Å². The van der Waals surface area contributed by atoms with Crippen molar-refractivity contribution in [3.8, 4) is 17.3 Å². The predicted molar refractivity (Wildman–Crippen MR) is 115 cm³/mol. The van der Waals surface area contributed by atoms with E-state index in [2.05, 4.69) is 50.5 Å². The van der Waals surface area contributed by atoms with Gasteiger partial charge in [-0.2, -0.15) is 5.26 Å². The molecular formula is C23H22N6O. The molecule has 150 valence electrons. The maximum atomic E-state index is 9.12. The molecule has 1 saturated heterocycles. The van der Waals surface area contributed by atoms with Gasteiger partial charge in [-0.05, 0) is 60.7 Å². The van der Waals surface area contributed by atoms with Crippen LogP contribution in [0.1, 0.15) is 29.9 Å². The van der Waals surface area contributed by atoms with Crippen molar-refractivity contribution in [3.63, 3.8) is 0 Å². The summed E-state index contributed by atoms with van der Waals surface area (Å²) in [6.45, 7) is 3.21. The van der Waals surface area contributed by atoms with E-state index < -0.39 is 0 Å². The van der Waals surface area contributed by atoms with Crippen LogP contribution in [-0.2, 0) is 4.74 Å². The molecule has 2 aliphatic rings. The summed E-state index contributed by atoms with van der Waals surface area (Å²) < 4.78 is 5.42. The highest BCUT2D eigenvalue weighted by molar-refractivity contribution is 5.66. The molecule has 7 nitrogen and oxygen atoms in total. The highest BCUT2D eigenvalue weighted by Gasteiger charge is 2.25. The van der Waals surface area contributed by atoms with Crippen molar-refractivity contribution in [2.24, 2.45) is 0 Å². The number of pyridine rings is 3. The Hall–Kier alpha value is -3.50. The number of hydrogen-bond donors (Lipinski definition) is 1. The number of morpholine rings is 1. The second kappa shape index (κ2) is 8.09. The van der Waals surface area contributed by atoms with Crippen LogP contribution in [0.4, 0.5) is 17.5 Å². The highest BCUT2D eigenvalue weighted by atomic mass is 16.5. The van der Waals surface area contributed by atoms with Gasteiger partial charge in [0, 0.05) is 31.0 Å². The Bertz CT molecular complexity index is 1080. The number of nitriles is 1. The van der Waals surface area contributed by atoms with Gasteiger partial charge in [-0.1, -0.05) is 0 Å². The molecule has 0 amide bonds. The lowest BCUT2D eigenvalue weighted by Gasteiger charge is -2.27. The summed E-state index contributed by atoms with van der Waals surface area (Å²) in [7, 11) is 0. The average molecular weight is 398 g/mol. The summed E-state index contributed by atoms with van der Waals surface area (Å²) in [6, 6.07) is 13.9. The van der Waals surface area contributed by atoms with Crippen LogP contribution >= 0.6 is 0 Å². The number of nitrogens with one attached hydrogen (secondary N) is 1. The Balaban J connectivity index is 1.43.